The van der Waals surface area contributed by atoms with Crippen molar-refractivity contribution in [1.82, 2.24) is 0 Å². The number of benzene rings is 2. The summed E-state index contributed by atoms with van der Waals surface area (Å²) in [5.41, 5.74) is 2.93. The Hall–Kier alpha value is -2.82. The van der Waals surface area contributed by atoms with E-state index in [2.05, 4.69) is 19.1 Å². The lowest BCUT2D eigenvalue weighted by atomic mass is 9.72. The minimum atomic E-state index is -0.915. The van der Waals surface area contributed by atoms with Gasteiger partial charge in [-0.1, -0.05) is 108 Å². The van der Waals surface area contributed by atoms with Gasteiger partial charge in [0.15, 0.2) is 0 Å². The first kappa shape index (κ1) is 29.2. The summed E-state index contributed by atoms with van der Waals surface area (Å²) in [5.74, 6) is -1.28. The average molecular weight is 535 g/mol. The van der Waals surface area contributed by atoms with Gasteiger partial charge in [-0.25, -0.2) is 0 Å². The van der Waals surface area contributed by atoms with E-state index in [0.29, 0.717) is 6.42 Å². The second kappa shape index (κ2) is 15.1. The molecule has 1 saturated carbocycles. The second-order valence-electron chi connectivity index (χ2n) is 11.4. The molecule has 0 aromatic heterocycles. The summed E-state index contributed by atoms with van der Waals surface area (Å²) in [4.78, 5) is 25.4. The number of fused-ring (bicyclic) bond motifs is 1. The Labute approximate surface area is 234 Å². The van der Waals surface area contributed by atoms with Crippen molar-refractivity contribution in [1.29, 1.82) is 0 Å². The summed E-state index contributed by atoms with van der Waals surface area (Å²) in [5, 5.41) is 10.2. The Morgan fingerprint density at radius 3 is 2.13 bits per heavy atom. The third-order valence-corrected chi connectivity index (χ3v) is 8.58. The maximum absolute atomic E-state index is 13.0. The van der Waals surface area contributed by atoms with Gasteiger partial charge in [0.2, 0.25) is 0 Å². The molecular formula is C34H46O5. The molecule has 2 aliphatic carbocycles. The summed E-state index contributed by atoms with van der Waals surface area (Å²) >= 11 is 0. The van der Waals surface area contributed by atoms with Gasteiger partial charge in [-0.15, -0.1) is 0 Å². The smallest absolute Gasteiger partial charge is 0.310 e. The van der Waals surface area contributed by atoms with E-state index in [-0.39, 0.29) is 17.8 Å². The molecule has 0 spiro atoms. The van der Waals surface area contributed by atoms with Crippen molar-refractivity contribution in [3.05, 3.63) is 65.2 Å². The van der Waals surface area contributed by atoms with Crippen molar-refractivity contribution in [3.63, 3.8) is 0 Å². The summed E-state index contributed by atoms with van der Waals surface area (Å²) in [7, 11) is 0. The first-order chi connectivity index (χ1) is 19.1. The Morgan fingerprint density at radius 1 is 0.821 bits per heavy atom. The highest BCUT2D eigenvalue weighted by Gasteiger charge is 2.42. The third-order valence-electron chi connectivity index (χ3n) is 8.58. The molecule has 1 fully saturated rings. The van der Waals surface area contributed by atoms with Gasteiger partial charge in [-0.3, -0.25) is 9.59 Å². The molecule has 1 N–H and O–H groups in total. The zero-order chi connectivity index (χ0) is 27.5. The summed E-state index contributed by atoms with van der Waals surface area (Å²) < 4.78 is 12.0. The number of hydrogen-bond donors (Lipinski definition) is 1. The number of carboxylic acids is 1. The average Bonchev–Trinajstić information content (AvgIpc) is 2.97. The molecule has 2 aromatic carbocycles. The summed E-state index contributed by atoms with van der Waals surface area (Å²) in [6.45, 7) is 2.97. The quantitative estimate of drug-likeness (QED) is 0.194. The first-order valence-electron chi connectivity index (χ1n) is 15.3. The highest BCUT2D eigenvalue weighted by atomic mass is 16.5. The van der Waals surface area contributed by atoms with E-state index in [0.717, 1.165) is 67.6 Å². The molecule has 0 aliphatic heterocycles. The van der Waals surface area contributed by atoms with Gasteiger partial charge in [0.05, 0.1) is 18.4 Å². The summed E-state index contributed by atoms with van der Waals surface area (Å²) in [6, 6.07) is 16.0. The molecule has 0 bridgehead atoms. The van der Waals surface area contributed by atoms with Crippen molar-refractivity contribution in [2.24, 2.45) is 11.8 Å². The number of carboxylic acid groups (broad SMARTS) is 1. The SMILES string of the molecule is CCCCCCCCCCOc1ccc(C2CC(C(=O)O)C(OC(=O)C3CCCCC3)c3ccccc32)cc1. The van der Waals surface area contributed by atoms with Crippen molar-refractivity contribution >= 4 is 11.9 Å². The standard InChI is InChI=1S/C34H46O5/c1-2-3-4-5-6-7-8-14-23-38-27-21-19-25(20-22-27)30-24-31(33(35)36)32(29-18-13-12-17-28(29)30)39-34(37)26-15-10-9-11-16-26/h12-13,17-22,26,30-32H,2-11,14-16,23-24H2,1H3,(H,35,36). The normalized spacial score (nSPS) is 21.2. The van der Waals surface area contributed by atoms with Crippen LogP contribution in [0.3, 0.4) is 0 Å². The van der Waals surface area contributed by atoms with Crippen molar-refractivity contribution in [2.75, 3.05) is 6.61 Å². The van der Waals surface area contributed by atoms with Crippen molar-refractivity contribution in [2.45, 2.75) is 109 Å². The Kier molecular flexibility index (Phi) is 11.3. The van der Waals surface area contributed by atoms with Crippen LogP contribution in [0.25, 0.3) is 0 Å². The van der Waals surface area contributed by atoms with Crippen LogP contribution in [0.5, 0.6) is 5.75 Å². The van der Waals surface area contributed by atoms with Crippen LogP contribution in [0, 0.1) is 11.8 Å². The van der Waals surface area contributed by atoms with E-state index in [1.807, 2.05) is 36.4 Å². The maximum Gasteiger partial charge on any atom is 0.310 e. The molecule has 5 nitrogen and oxygen atoms in total. The fourth-order valence-corrected chi connectivity index (χ4v) is 6.28. The minimum absolute atomic E-state index is 0.0753. The lowest BCUT2D eigenvalue weighted by Gasteiger charge is -2.36. The van der Waals surface area contributed by atoms with Crippen molar-refractivity contribution < 1.29 is 24.2 Å². The van der Waals surface area contributed by atoms with Crippen LogP contribution >= 0.6 is 0 Å². The van der Waals surface area contributed by atoms with E-state index in [4.69, 9.17) is 9.47 Å². The molecule has 212 valence electrons. The number of unbranched alkanes of at least 4 members (excludes halogenated alkanes) is 7. The molecule has 2 aromatic rings. The largest absolute Gasteiger partial charge is 0.494 e. The molecule has 3 atom stereocenters. The lowest BCUT2D eigenvalue weighted by Crippen LogP contribution is -2.34. The number of aliphatic carboxylic acids is 1. The predicted molar refractivity (Wildman–Crippen MR) is 154 cm³/mol. The van der Waals surface area contributed by atoms with Gasteiger partial charge < -0.3 is 14.6 Å². The highest BCUT2D eigenvalue weighted by molar-refractivity contribution is 5.76. The Morgan fingerprint density at radius 2 is 1.46 bits per heavy atom. The Bertz CT molecular complexity index is 1040. The lowest BCUT2D eigenvalue weighted by molar-refractivity contribution is -0.165. The van der Waals surface area contributed by atoms with Crippen LogP contribution in [0.4, 0.5) is 0 Å². The van der Waals surface area contributed by atoms with E-state index >= 15 is 0 Å². The van der Waals surface area contributed by atoms with Gasteiger partial charge in [0.25, 0.3) is 0 Å². The van der Waals surface area contributed by atoms with Crippen LogP contribution < -0.4 is 4.74 Å². The molecule has 4 rings (SSSR count). The van der Waals surface area contributed by atoms with Crippen LogP contribution in [0.1, 0.15) is 126 Å². The van der Waals surface area contributed by atoms with Gasteiger partial charge in [-0.2, -0.15) is 0 Å². The van der Waals surface area contributed by atoms with E-state index in [9.17, 15) is 14.7 Å². The monoisotopic (exact) mass is 534 g/mol. The predicted octanol–water partition coefficient (Wildman–Crippen LogP) is 8.61. The minimum Gasteiger partial charge on any atom is -0.494 e. The number of carbonyl (C=O) groups excluding carboxylic acids is 1. The van der Waals surface area contributed by atoms with Crippen LogP contribution in [0.15, 0.2) is 48.5 Å². The fraction of sp³-hybridized carbons (Fsp3) is 0.588. The molecule has 0 amide bonds. The van der Waals surface area contributed by atoms with E-state index < -0.39 is 18.0 Å². The third kappa shape index (κ3) is 8.09. The molecule has 2 aliphatic rings. The first-order valence-corrected chi connectivity index (χ1v) is 15.3. The van der Waals surface area contributed by atoms with Crippen LogP contribution in [-0.2, 0) is 14.3 Å². The molecular weight excluding hydrogens is 488 g/mol. The molecule has 0 radical (unpaired) electrons. The summed E-state index contributed by atoms with van der Waals surface area (Å²) in [6.07, 6.45) is 14.7. The van der Waals surface area contributed by atoms with Crippen molar-refractivity contribution in [3.8, 4) is 5.75 Å². The van der Waals surface area contributed by atoms with Gasteiger partial charge in [-0.05, 0) is 54.5 Å². The maximum atomic E-state index is 13.0. The highest BCUT2D eigenvalue weighted by Crippen LogP contribution is 2.47. The second-order valence-corrected chi connectivity index (χ2v) is 11.4. The van der Waals surface area contributed by atoms with Gasteiger partial charge in [0, 0.05) is 5.92 Å². The number of rotatable bonds is 14. The van der Waals surface area contributed by atoms with Gasteiger partial charge in [0.1, 0.15) is 11.9 Å². The molecule has 39 heavy (non-hydrogen) atoms. The Balaban J connectivity index is 1.38. The van der Waals surface area contributed by atoms with Crippen LogP contribution in [0.2, 0.25) is 0 Å². The topological polar surface area (TPSA) is 72.8 Å². The number of hydrogen-bond acceptors (Lipinski definition) is 4. The van der Waals surface area contributed by atoms with Gasteiger partial charge >= 0.3 is 11.9 Å². The molecule has 3 unspecified atom stereocenters. The zero-order valence-corrected chi connectivity index (χ0v) is 23.6. The van der Waals surface area contributed by atoms with E-state index in [1.54, 1.807) is 0 Å². The number of carbonyl (C=O) groups is 2. The zero-order valence-electron chi connectivity index (χ0n) is 23.6. The number of esters is 1. The number of ether oxygens (including phenoxy) is 2. The van der Waals surface area contributed by atoms with E-state index in [1.165, 1.54) is 44.9 Å². The molecule has 0 saturated heterocycles. The van der Waals surface area contributed by atoms with Crippen LogP contribution in [-0.4, -0.2) is 23.7 Å². The molecule has 0 heterocycles. The fourth-order valence-electron chi connectivity index (χ4n) is 6.28. The molecule has 5 heteroatoms.